The molecule has 0 aliphatic heterocycles. The van der Waals surface area contributed by atoms with E-state index in [9.17, 15) is 4.39 Å². The summed E-state index contributed by atoms with van der Waals surface area (Å²) in [5.41, 5.74) is -1.16. The monoisotopic (exact) mass is 176 g/mol. The minimum atomic E-state index is -1.19. The Bertz CT molecular complexity index is 124. The summed E-state index contributed by atoms with van der Waals surface area (Å²) in [6.45, 7) is 10.4. The van der Waals surface area contributed by atoms with Crippen LogP contribution in [0, 0.1) is 5.41 Å². The lowest BCUT2D eigenvalue weighted by atomic mass is 9.84. The molecule has 0 heterocycles. The second-order valence-electron chi connectivity index (χ2n) is 4.79. The zero-order valence-electron chi connectivity index (χ0n) is 8.91. The highest BCUT2D eigenvalue weighted by Crippen LogP contribution is 2.29. The van der Waals surface area contributed by atoms with Crippen LogP contribution in [0.15, 0.2) is 0 Å². The molecule has 2 heteroatoms. The van der Waals surface area contributed by atoms with Gasteiger partial charge in [-0.15, -0.1) is 0 Å². The molecule has 0 aliphatic rings. The number of ether oxygens (including phenoxy) is 1. The Hall–Kier alpha value is -0.110. The van der Waals surface area contributed by atoms with Crippen LogP contribution in [0.5, 0.6) is 0 Å². The Labute approximate surface area is 75.3 Å². The number of rotatable bonds is 4. The Morgan fingerprint density at radius 1 is 1.17 bits per heavy atom. The third-order valence-electron chi connectivity index (χ3n) is 1.51. The Balaban J connectivity index is 3.86. The highest BCUT2D eigenvalue weighted by atomic mass is 19.1. The Morgan fingerprint density at radius 2 is 1.67 bits per heavy atom. The Morgan fingerprint density at radius 3 is 2.00 bits per heavy atom. The minimum Gasteiger partial charge on any atom is -0.378 e. The van der Waals surface area contributed by atoms with E-state index < -0.39 is 5.67 Å². The standard InChI is InChI=1S/C10H21FO/c1-6-12-8-10(5,11)7-9(2,3)4/h6-8H2,1-5H3. The summed E-state index contributed by atoms with van der Waals surface area (Å²) in [6, 6.07) is 0. The normalized spacial score (nSPS) is 17.5. The van der Waals surface area contributed by atoms with E-state index in [1.54, 1.807) is 6.92 Å². The van der Waals surface area contributed by atoms with Crippen LogP contribution in [-0.4, -0.2) is 18.9 Å². The fourth-order valence-electron chi connectivity index (χ4n) is 1.47. The van der Waals surface area contributed by atoms with Crippen molar-refractivity contribution in [3.05, 3.63) is 0 Å². The van der Waals surface area contributed by atoms with Crippen molar-refractivity contribution < 1.29 is 9.13 Å². The first-order chi connectivity index (χ1) is 5.27. The van der Waals surface area contributed by atoms with E-state index in [2.05, 4.69) is 0 Å². The molecule has 12 heavy (non-hydrogen) atoms. The second-order valence-corrected chi connectivity index (χ2v) is 4.79. The van der Waals surface area contributed by atoms with E-state index in [0.29, 0.717) is 13.0 Å². The van der Waals surface area contributed by atoms with Gasteiger partial charge in [-0.2, -0.15) is 0 Å². The van der Waals surface area contributed by atoms with Gasteiger partial charge in [-0.3, -0.25) is 0 Å². The molecule has 0 radical (unpaired) electrons. The van der Waals surface area contributed by atoms with Crippen molar-refractivity contribution in [2.45, 2.75) is 46.7 Å². The summed E-state index contributed by atoms with van der Waals surface area (Å²) in [7, 11) is 0. The lowest BCUT2D eigenvalue weighted by Crippen LogP contribution is -2.30. The SMILES string of the molecule is CCOCC(C)(F)CC(C)(C)C. The lowest BCUT2D eigenvalue weighted by molar-refractivity contribution is 0.00696. The molecule has 0 aromatic rings. The maximum absolute atomic E-state index is 13.6. The van der Waals surface area contributed by atoms with Gasteiger partial charge in [-0.05, 0) is 25.7 Å². The molecule has 1 nitrogen and oxygen atoms in total. The zero-order chi connectivity index (χ0) is 9.83. The zero-order valence-corrected chi connectivity index (χ0v) is 8.91. The summed E-state index contributed by atoms with van der Waals surface area (Å²) >= 11 is 0. The van der Waals surface area contributed by atoms with Crippen LogP contribution < -0.4 is 0 Å². The highest BCUT2D eigenvalue weighted by Gasteiger charge is 2.29. The average Bonchev–Trinajstić information content (AvgIpc) is 1.78. The van der Waals surface area contributed by atoms with Gasteiger partial charge in [0.1, 0.15) is 5.67 Å². The van der Waals surface area contributed by atoms with E-state index in [4.69, 9.17) is 4.74 Å². The summed E-state index contributed by atoms with van der Waals surface area (Å²) in [6.07, 6.45) is 0.542. The molecule has 0 rings (SSSR count). The molecule has 0 amide bonds. The number of hydrogen-bond acceptors (Lipinski definition) is 1. The molecule has 1 atom stereocenters. The van der Waals surface area contributed by atoms with E-state index in [1.807, 2.05) is 27.7 Å². The highest BCUT2D eigenvalue weighted by molar-refractivity contribution is 4.79. The molecule has 0 spiro atoms. The quantitative estimate of drug-likeness (QED) is 0.639. The summed E-state index contributed by atoms with van der Waals surface area (Å²) < 4.78 is 18.7. The van der Waals surface area contributed by atoms with Crippen molar-refractivity contribution in [1.29, 1.82) is 0 Å². The third-order valence-corrected chi connectivity index (χ3v) is 1.51. The molecule has 0 saturated heterocycles. The minimum absolute atomic E-state index is 0.0284. The van der Waals surface area contributed by atoms with Gasteiger partial charge in [0.05, 0.1) is 6.61 Å². The molecule has 1 unspecified atom stereocenters. The molecular weight excluding hydrogens is 155 g/mol. The van der Waals surface area contributed by atoms with Gasteiger partial charge in [0.15, 0.2) is 0 Å². The maximum Gasteiger partial charge on any atom is 0.131 e. The average molecular weight is 176 g/mol. The Kier molecular flexibility index (Phi) is 4.18. The molecule has 0 aromatic carbocycles. The van der Waals surface area contributed by atoms with Gasteiger partial charge in [-0.1, -0.05) is 20.8 Å². The van der Waals surface area contributed by atoms with Crippen molar-refractivity contribution in [2.24, 2.45) is 5.41 Å². The van der Waals surface area contributed by atoms with E-state index in [-0.39, 0.29) is 12.0 Å². The molecule has 0 aromatic heterocycles. The molecular formula is C10H21FO. The molecule has 0 bridgehead atoms. The van der Waals surface area contributed by atoms with Crippen LogP contribution in [0.3, 0.4) is 0 Å². The van der Waals surface area contributed by atoms with Crippen LogP contribution in [-0.2, 0) is 4.74 Å². The smallest absolute Gasteiger partial charge is 0.131 e. The van der Waals surface area contributed by atoms with Crippen molar-refractivity contribution in [3.63, 3.8) is 0 Å². The number of hydrogen-bond donors (Lipinski definition) is 0. The topological polar surface area (TPSA) is 9.23 Å². The van der Waals surface area contributed by atoms with Crippen molar-refractivity contribution in [1.82, 2.24) is 0 Å². The van der Waals surface area contributed by atoms with Crippen molar-refractivity contribution in [2.75, 3.05) is 13.2 Å². The third kappa shape index (κ3) is 6.59. The first-order valence-electron chi connectivity index (χ1n) is 4.53. The fraction of sp³-hybridized carbons (Fsp3) is 1.00. The summed E-state index contributed by atoms with van der Waals surface area (Å²) in [5, 5.41) is 0. The summed E-state index contributed by atoms with van der Waals surface area (Å²) in [4.78, 5) is 0. The second kappa shape index (κ2) is 4.22. The molecule has 74 valence electrons. The first kappa shape index (κ1) is 11.9. The first-order valence-corrected chi connectivity index (χ1v) is 4.53. The van der Waals surface area contributed by atoms with E-state index in [0.717, 1.165) is 0 Å². The summed E-state index contributed by atoms with van der Waals surface area (Å²) in [5.74, 6) is 0. The van der Waals surface area contributed by atoms with Gasteiger partial charge in [0, 0.05) is 6.61 Å². The molecule has 0 fully saturated rings. The van der Waals surface area contributed by atoms with Gasteiger partial charge >= 0.3 is 0 Å². The maximum atomic E-state index is 13.6. The van der Waals surface area contributed by atoms with Crippen LogP contribution in [0.1, 0.15) is 41.0 Å². The van der Waals surface area contributed by atoms with E-state index in [1.165, 1.54) is 0 Å². The molecule has 0 saturated carbocycles. The van der Waals surface area contributed by atoms with Gasteiger partial charge in [0.2, 0.25) is 0 Å². The van der Waals surface area contributed by atoms with Crippen LogP contribution in [0.25, 0.3) is 0 Å². The van der Waals surface area contributed by atoms with E-state index >= 15 is 0 Å². The van der Waals surface area contributed by atoms with Crippen molar-refractivity contribution in [3.8, 4) is 0 Å². The van der Waals surface area contributed by atoms with Gasteiger partial charge in [-0.25, -0.2) is 4.39 Å². The van der Waals surface area contributed by atoms with Crippen LogP contribution in [0.2, 0.25) is 0 Å². The van der Waals surface area contributed by atoms with Crippen LogP contribution in [0.4, 0.5) is 4.39 Å². The fourth-order valence-corrected chi connectivity index (χ4v) is 1.47. The molecule has 0 N–H and O–H groups in total. The molecule has 0 aliphatic carbocycles. The predicted octanol–water partition coefficient (Wildman–Crippen LogP) is 3.19. The van der Waals surface area contributed by atoms with Crippen molar-refractivity contribution >= 4 is 0 Å². The van der Waals surface area contributed by atoms with Gasteiger partial charge < -0.3 is 4.74 Å². The lowest BCUT2D eigenvalue weighted by Gasteiger charge is -2.28. The number of alkyl halides is 1. The predicted molar refractivity (Wildman–Crippen MR) is 50.1 cm³/mol. The van der Waals surface area contributed by atoms with Crippen LogP contribution >= 0.6 is 0 Å². The van der Waals surface area contributed by atoms with Gasteiger partial charge in [0.25, 0.3) is 0 Å². The largest absolute Gasteiger partial charge is 0.378 e. The number of halogens is 1.